The molecule has 4 atom stereocenters. The molecule has 0 saturated heterocycles. The summed E-state index contributed by atoms with van der Waals surface area (Å²) in [5.74, 6) is 0. The molecule has 0 aromatic rings. The molecule has 4 N–H and O–H groups in total. The Labute approximate surface area is 76.6 Å². The van der Waals surface area contributed by atoms with Crippen LogP contribution in [0.25, 0.3) is 0 Å². The predicted molar refractivity (Wildman–Crippen MR) is 44.7 cm³/mol. The third-order valence-corrected chi connectivity index (χ3v) is 1.95. The minimum atomic E-state index is -2.62. The van der Waals surface area contributed by atoms with E-state index in [2.05, 4.69) is 0 Å². The summed E-state index contributed by atoms with van der Waals surface area (Å²) < 4.78 is 20.1. The van der Waals surface area contributed by atoms with Gasteiger partial charge in [0.25, 0.3) is 0 Å². The molecular formula is C6H12O6S. The summed E-state index contributed by atoms with van der Waals surface area (Å²) in [7, 11) is -2.62. The summed E-state index contributed by atoms with van der Waals surface area (Å²) in [6.07, 6.45) is -6.28. The molecule has 0 saturated carbocycles. The molecule has 78 valence electrons. The average molecular weight is 212 g/mol. The molecule has 0 bridgehead atoms. The van der Waals surface area contributed by atoms with Gasteiger partial charge in [0.2, 0.25) is 10.3 Å². The summed E-state index contributed by atoms with van der Waals surface area (Å²) >= 11 is 0. The van der Waals surface area contributed by atoms with Gasteiger partial charge in [0, 0.05) is 0 Å². The van der Waals surface area contributed by atoms with E-state index in [9.17, 15) is 8.42 Å². The largest absolute Gasteiger partial charge is 0.391 e. The van der Waals surface area contributed by atoms with Gasteiger partial charge >= 0.3 is 0 Å². The van der Waals surface area contributed by atoms with Crippen molar-refractivity contribution in [2.75, 3.05) is 0 Å². The molecule has 13 heavy (non-hydrogen) atoms. The smallest absolute Gasteiger partial charge is 0.212 e. The first-order chi connectivity index (χ1) is 5.86. The molecular weight excluding hydrogens is 200 g/mol. The van der Waals surface area contributed by atoms with Crippen LogP contribution in [0.2, 0.25) is 0 Å². The fourth-order valence-electron chi connectivity index (χ4n) is 0.682. The van der Waals surface area contributed by atoms with Gasteiger partial charge in [0.1, 0.15) is 18.3 Å². The first-order valence-electron chi connectivity index (χ1n) is 3.51. The monoisotopic (exact) mass is 212 g/mol. The van der Waals surface area contributed by atoms with Crippen LogP contribution >= 0.6 is 0 Å². The Morgan fingerprint density at radius 3 is 1.85 bits per heavy atom. The molecule has 0 spiro atoms. The normalized spacial score (nSPS) is 20.1. The molecule has 0 fully saturated rings. The van der Waals surface area contributed by atoms with Gasteiger partial charge in [-0.1, -0.05) is 0 Å². The lowest BCUT2D eigenvalue weighted by Gasteiger charge is -2.21. The van der Waals surface area contributed by atoms with E-state index in [4.69, 9.17) is 20.4 Å². The van der Waals surface area contributed by atoms with Crippen molar-refractivity contribution in [2.45, 2.75) is 31.3 Å². The van der Waals surface area contributed by atoms with Gasteiger partial charge in [0.05, 0.1) is 11.5 Å². The van der Waals surface area contributed by atoms with Gasteiger partial charge in [-0.25, -0.2) is 0 Å². The quantitative estimate of drug-likeness (QED) is 0.372. The van der Waals surface area contributed by atoms with E-state index in [1.54, 1.807) is 0 Å². The van der Waals surface area contributed by atoms with Crippen LogP contribution in [0.3, 0.4) is 0 Å². The highest BCUT2D eigenvalue weighted by molar-refractivity contribution is 7.71. The minimum absolute atomic E-state index is 0.427. The van der Waals surface area contributed by atoms with Gasteiger partial charge in [0.15, 0.2) is 0 Å². The molecule has 0 aliphatic heterocycles. The number of rotatable bonds is 4. The number of hydrogen-bond acceptors (Lipinski definition) is 6. The molecule has 7 heteroatoms. The molecule has 0 rings (SSSR count). The van der Waals surface area contributed by atoms with Crippen LogP contribution in [-0.4, -0.2) is 58.6 Å². The lowest BCUT2D eigenvalue weighted by Crippen LogP contribution is -2.44. The highest BCUT2D eigenvalue weighted by Gasteiger charge is 2.27. The van der Waals surface area contributed by atoms with Crippen LogP contribution in [0.4, 0.5) is 0 Å². The first-order valence-corrected chi connectivity index (χ1v) is 4.65. The first kappa shape index (κ1) is 12.5. The molecule has 0 aromatic heterocycles. The van der Waals surface area contributed by atoms with Crippen molar-refractivity contribution in [3.05, 3.63) is 0 Å². The van der Waals surface area contributed by atoms with E-state index < -0.39 is 34.7 Å². The second-order valence-electron chi connectivity index (χ2n) is 2.61. The van der Waals surface area contributed by atoms with E-state index in [-0.39, 0.29) is 0 Å². The molecule has 0 aliphatic carbocycles. The van der Waals surface area contributed by atoms with Gasteiger partial charge in [-0.15, -0.1) is 0 Å². The van der Waals surface area contributed by atoms with E-state index in [0.717, 1.165) is 0 Å². The van der Waals surface area contributed by atoms with Crippen molar-refractivity contribution in [1.29, 1.82) is 0 Å². The van der Waals surface area contributed by atoms with E-state index >= 15 is 0 Å². The standard InChI is InChI=1S/C6H12O6S/c1-3(7)5(9)6(10)4(8)2-13(11)12/h2-10H,1H3. The lowest BCUT2D eigenvalue weighted by molar-refractivity contribution is -0.0817. The van der Waals surface area contributed by atoms with Gasteiger partial charge in [-0.05, 0) is 6.92 Å². The minimum Gasteiger partial charge on any atom is -0.391 e. The number of aliphatic hydroxyl groups is 4. The van der Waals surface area contributed by atoms with Crippen molar-refractivity contribution in [1.82, 2.24) is 0 Å². The molecule has 0 amide bonds. The molecule has 0 radical (unpaired) electrons. The zero-order valence-electron chi connectivity index (χ0n) is 6.90. The Morgan fingerprint density at radius 1 is 1.08 bits per heavy atom. The zero-order chi connectivity index (χ0) is 10.6. The summed E-state index contributed by atoms with van der Waals surface area (Å²) in [5.41, 5.74) is 0. The molecule has 6 nitrogen and oxygen atoms in total. The van der Waals surface area contributed by atoms with Crippen LogP contribution in [0.5, 0.6) is 0 Å². The maximum absolute atomic E-state index is 10.0. The predicted octanol–water partition coefficient (Wildman–Crippen LogP) is -2.87. The fraction of sp³-hybridized carbons (Fsp3) is 0.833. The van der Waals surface area contributed by atoms with Crippen molar-refractivity contribution in [3.8, 4) is 0 Å². The molecule has 4 unspecified atom stereocenters. The summed E-state index contributed by atoms with van der Waals surface area (Å²) in [5, 5.41) is 36.2. The van der Waals surface area contributed by atoms with Crippen LogP contribution in [0.15, 0.2) is 0 Å². The van der Waals surface area contributed by atoms with Crippen molar-refractivity contribution in [2.24, 2.45) is 0 Å². The van der Waals surface area contributed by atoms with Crippen LogP contribution in [-0.2, 0) is 10.3 Å². The number of hydrogen-bond donors (Lipinski definition) is 4. The third kappa shape index (κ3) is 4.34. The van der Waals surface area contributed by atoms with Gasteiger partial charge in [-0.3, -0.25) is 0 Å². The maximum Gasteiger partial charge on any atom is 0.212 e. The highest BCUT2D eigenvalue weighted by atomic mass is 32.2. The Bertz CT molecular complexity index is 261. The molecule has 0 heterocycles. The summed E-state index contributed by atoms with van der Waals surface area (Å²) in [6, 6.07) is 0. The molecule has 0 aliphatic rings. The van der Waals surface area contributed by atoms with Crippen molar-refractivity contribution in [3.63, 3.8) is 0 Å². The van der Waals surface area contributed by atoms with Crippen LogP contribution in [0, 0.1) is 0 Å². The van der Waals surface area contributed by atoms with E-state index in [1.165, 1.54) is 6.92 Å². The second kappa shape index (κ2) is 5.30. The fourth-order valence-corrected chi connectivity index (χ4v) is 1.07. The average Bonchev–Trinajstić information content (AvgIpc) is 2.00. The van der Waals surface area contributed by atoms with Crippen molar-refractivity contribution >= 4 is 15.7 Å². The Hall–Kier alpha value is -0.470. The lowest BCUT2D eigenvalue weighted by atomic mass is 10.1. The van der Waals surface area contributed by atoms with Crippen LogP contribution in [0.1, 0.15) is 6.92 Å². The van der Waals surface area contributed by atoms with E-state index in [0.29, 0.717) is 5.37 Å². The number of aliphatic hydroxyl groups excluding tert-OH is 4. The van der Waals surface area contributed by atoms with Crippen molar-refractivity contribution < 1.29 is 28.8 Å². The van der Waals surface area contributed by atoms with Gasteiger partial charge < -0.3 is 20.4 Å². The summed E-state index contributed by atoms with van der Waals surface area (Å²) in [6.45, 7) is 1.20. The highest BCUT2D eigenvalue weighted by Crippen LogP contribution is 2.02. The maximum atomic E-state index is 10.0. The third-order valence-electron chi connectivity index (χ3n) is 1.44. The van der Waals surface area contributed by atoms with Gasteiger partial charge in [-0.2, -0.15) is 8.42 Å². The van der Waals surface area contributed by atoms with Crippen LogP contribution < -0.4 is 0 Å². The topological polar surface area (TPSA) is 115 Å². The SMILES string of the molecule is CC(O)C(O)C(O)C(O)C=S(=O)=O. The zero-order valence-corrected chi connectivity index (χ0v) is 7.72. The Balaban J connectivity index is 4.42. The Kier molecular flexibility index (Phi) is 5.11. The second-order valence-corrected chi connectivity index (χ2v) is 3.40. The van der Waals surface area contributed by atoms with E-state index in [1.807, 2.05) is 0 Å². The molecule has 0 aromatic carbocycles. The Morgan fingerprint density at radius 2 is 1.54 bits per heavy atom. The summed E-state index contributed by atoms with van der Waals surface area (Å²) in [4.78, 5) is 0.